The number of para-hydroxylation sites is 1. The Kier molecular flexibility index (Phi) is 32.7. The Labute approximate surface area is 662 Å². The van der Waals surface area contributed by atoms with Gasteiger partial charge in [0, 0.05) is 100 Å². The summed E-state index contributed by atoms with van der Waals surface area (Å²) in [6.45, 7) is 8.94. The normalized spacial score (nSPS) is 23.3. The molecular formula is C73H99ClN12O21S4. The Balaban J connectivity index is 1.04. The van der Waals surface area contributed by atoms with Crippen molar-refractivity contribution in [3.8, 4) is 11.5 Å². The lowest BCUT2D eigenvalue weighted by molar-refractivity contribution is -0.328. The summed E-state index contributed by atoms with van der Waals surface area (Å²) >= 11 is 6.87. The van der Waals surface area contributed by atoms with Crippen LogP contribution < -0.4 is 58.3 Å². The van der Waals surface area contributed by atoms with Crippen molar-refractivity contribution in [2.75, 3.05) is 63.3 Å². The summed E-state index contributed by atoms with van der Waals surface area (Å²) in [7, 11) is 11.1. The number of amides is 9. The first-order chi connectivity index (χ1) is 52.3. The van der Waals surface area contributed by atoms with E-state index in [0.717, 1.165) is 72.1 Å². The molecule has 4 aromatic rings. The molecule has 2 fully saturated rings. The fourth-order valence-corrected chi connectivity index (χ4v) is 17.3. The highest BCUT2D eigenvalue weighted by Crippen LogP contribution is 2.51. The summed E-state index contributed by atoms with van der Waals surface area (Å²) in [6.07, 6.45) is -1.23. The van der Waals surface area contributed by atoms with E-state index in [0.29, 0.717) is 17.5 Å². The molecule has 0 saturated carbocycles. The Morgan fingerprint density at radius 1 is 0.802 bits per heavy atom. The van der Waals surface area contributed by atoms with Gasteiger partial charge in [-0.1, -0.05) is 109 Å². The largest absolute Gasteiger partial charge is 0.508 e. The highest BCUT2D eigenvalue weighted by Gasteiger charge is 2.63. The fourth-order valence-electron chi connectivity index (χ4n) is 12.6. The van der Waals surface area contributed by atoms with E-state index >= 15 is 0 Å². The van der Waals surface area contributed by atoms with Gasteiger partial charge in [-0.05, 0) is 95.0 Å². The maximum atomic E-state index is 14.8. The molecule has 3 aromatic carbocycles. The van der Waals surface area contributed by atoms with Crippen molar-refractivity contribution in [2.24, 2.45) is 11.5 Å². The van der Waals surface area contributed by atoms with Gasteiger partial charge in [0.05, 0.1) is 37.5 Å². The number of aliphatic hydroxyl groups excluding tert-OH is 2. The molecule has 0 radical (unpaired) electrons. The molecule has 16 atom stereocenters. The van der Waals surface area contributed by atoms with Crippen LogP contribution in [0.5, 0.6) is 11.5 Å². The van der Waals surface area contributed by atoms with Crippen LogP contribution in [0.3, 0.4) is 0 Å². The summed E-state index contributed by atoms with van der Waals surface area (Å²) in [4.78, 5) is 157. The molecule has 1 aromatic heterocycles. The monoisotopic (exact) mass is 1640 g/mol. The molecule has 6 bridgehead atoms. The number of hydrogen-bond acceptors (Lipinski definition) is 26. The van der Waals surface area contributed by atoms with Crippen LogP contribution in [0, 0.1) is 0 Å². The Morgan fingerprint density at radius 2 is 1.41 bits per heavy atom. The first-order valence-corrected chi connectivity index (χ1v) is 40.7. The van der Waals surface area contributed by atoms with Gasteiger partial charge < -0.3 is 107 Å². The van der Waals surface area contributed by atoms with Gasteiger partial charge in [-0.25, -0.2) is 14.4 Å². The van der Waals surface area contributed by atoms with Crippen molar-refractivity contribution in [3.05, 3.63) is 112 Å². The number of aromatic hydroxyl groups is 1. The van der Waals surface area contributed by atoms with Crippen LogP contribution in [0.4, 0.5) is 10.5 Å². The predicted molar refractivity (Wildman–Crippen MR) is 420 cm³/mol. The molecule has 1 unspecified atom stereocenters. The molecule has 608 valence electrons. The van der Waals surface area contributed by atoms with Crippen LogP contribution in [-0.4, -0.2) is 255 Å². The standard InChI is InChI=1S/C73H99ClN12O21S4/c1-37-15-14-18-54(104-11)73(102)31-56(106-70(101)84-73)72(6)36-71(5,107-72)55(30-58(91)86(9)52-27-42(25-37)28-53(103-10)59(52)74)105-69(100)38(2)85(8)57(90)23-24-108-109-33-46(75)62(92)81-50(34-110-111-35-51(82-67(97)60(76)39(3)87)66(96)83-61(40(4)88)68(98)99)65(95)79-48(26-41-19-21-44(89)22-20-41)64(94)80-49(63(93)77-7)29-43-32-78-47-17-13-12-16-45(43)47/h12-22,27-28,32,38-40,46,48-51,54-56,60-61,78,87-89,102H,23-26,29-31,33-36,75-76H2,1-11H3,(H,77,93)(H,79,95)(H,80,94)(H,81,92)(H,82,97)(H,83,96)(H,84,101)(H,98,99)/b18-14+,37-15+/t38-,39+,40+,46+,48-,49+,50-,51-,54+,55-,56-,60-,61-,71+,72?,73-/m0/s1. The average Bonchev–Trinajstić information content (AvgIpc) is 1.49. The van der Waals surface area contributed by atoms with Crippen molar-refractivity contribution in [2.45, 2.75) is 182 Å². The number of methoxy groups -OCH3 is 2. The number of aromatic amines is 1. The van der Waals surface area contributed by atoms with Gasteiger partial charge in [0.25, 0.3) is 0 Å². The van der Waals surface area contributed by atoms with E-state index < -0.39 is 167 Å². The lowest BCUT2D eigenvalue weighted by Crippen LogP contribution is -2.72. The number of likely N-dealkylation sites (N-methyl/N-ethyl adjacent to an activating group) is 2. The lowest BCUT2D eigenvalue weighted by atomic mass is 9.72. The fraction of sp³-hybridized carbons (Fsp3) is 0.521. The van der Waals surface area contributed by atoms with Crippen LogP contribution in [0.1, 0.15) is 83.9 Å². The topological polar surface area (TPSA) is 494 Å². The molecule has 38 heteroatoms. The summed E-state index contributed by atoms with van der Waals surface area (Å²) in [5.74, 6) is -9.34. The number of H-pyrrole nitrogens is 1. The number of carboxylic acid groups (broad SMARTS) is 1. The van der Waals surface area contributed by atoms with Gasteiger partial charge in [-0.15, -0.1) is 0 Å². The number of aliphatic hydroxyl groups is 3. The third-order valence-corrected chi connectivity index (χ3v) is 24.4. The van der Waals surface area contributed by atoms with Crippen molar-refractivity contribution in [3.63, 3.8) is 0 Å². The van der Waals surface area contributed by atoms with Gasteiger partial charge >= 0.3 is 18.0 Å². The number of carbonyl (C=O) groups excluding carboxylic acids is 10. The van der Waals surface area contributed by atoms with Crippen molar-refractivity contribution < 1.29 is 102 Å². The van der Waals surface area contributed by atoms with Crippen LogP contribution in [0.15, 0.2) is 90.7 Å². The van der Waals surface area contributed by atoms with E-state index in [-0.39, 0.29) is 77.3 Å². The second-order valence-electron chi connectivity index (χ2n) is 27.8. The molecular weight excluding hydrogens is 1540 g/mol. The van der Waals surface area contributed by atoms with Gasteiger partial charge in [-0.2, -0.15) is 0 Å². The maximum absolute atomic E-state index is 14.8. The number of esters is 1. The number of nitrogens with one attached hydrogen (secondary N) is 8. The minimum absolute atomic E-state index is 0.0118. The van der Waals surface area contributed by atoms with E-state index in [1.54, 1.807) is 50.4 Å². The van der Waals surface area contributed by atoms with E-state index in [9.17, 15) is 78.3 Å². The number of benzene rings is 3. The quantitative estimate of drug-likeness (QED) is 0.0181. The molecule has 0 spiro atoms. The van der Waals surface area contributed by atoms with Crippen molar-refractivity contribution in [1.82, 2.24) is 47.1 Å². The predicted octanol–water partition coefficient (Wildman–Crippen LogP) is 2.15. The number of alkyl carbamates (subject to hydrolysis) is 1. The van der Waals surface area contributed by atoms with Crippen molar-refractivity contribution in [1.29, 1.82) is 0 Å². The number of phenols is 1. The first-order valence-electron chi connectivity index (χ1n) is 35.4. The van der Waals surface area contributed by atoms with Crippen molar-refractivity contribution >= 4 is 137 Å². The maximum Gasteiger partial charge on any atom is 0.409 e. The molecule has 33 nitrogen and oxygen atoms in total. The number of rotatable bonds is 34. The molecule has 4 aliphatic heterocycles. The number of nitrogens with two attached hydrogens (primary N) is 2. The van der Waals surface area contributed by atoms with Gasteiger partial charge in [0.1, 0.15) is 82.3 Å². The van der Waals surface area contributed by atoms with E-state index in [1.807, 2.05) is 31.2 Å². The van der Waals surface area contributed by atoms with Gasteiger partial charge in [0.2, 0.25) is 47.3 Å². The number of aliphatic carboxylic acids is 1. The minimum atomic E-state index is -1.97. The zero-order valence-corrected chi connectivity index (χ0v) is 67.2. The van der Waals surface area contributed by atoms with E-state index in [2.05, 4.69) is 42.2 Å². The highest BCUT2D eigenvalue weighted by molar-refractivity contribution is 8.77. The molecule has 8 rings (SSSR count). The second kappa shape index (κ2) is 40.4. The third kappa shape index (κ3) is 24.1. The number of nitrogens with zero attached hydrogens (tertiary/aromatic N) is 2. The number of halogens is 1. The number of anilines is 1. The van der Waals surface area contributed by atoms with E-state index in [1.165, 1.54) is 83.3 Å². The SMILES string of the molecule is CNC(=O)[C@@H](Cc1c[nH]c2ccccc12)NC(=O)[C@H](Cc1ccc(O)cc1)NC(=O)[C@H](CSSC[C@H](NC(=O)[C@@H](N)[C@@H](C)O)C(=O)N[C@H](C(=O)O)[C@@H](C)O)NC(=O)[C@H](N)CSSCCC(=O)N(C)[C@@H](C)C(=O)O[C@H]1CC(=O)N(C)c2cc(cc(OC)c2Cl)C/C(C)=C/C=C/[C@@H](OC)[C@@]2(O)C[C@H](OC(=O)N2)C2(C)C[C@@]1(C)O2. The zero-order valence-electron chi connectivity index (χ0n) is 63.2. The Hall–Kier alpha value is -8.34. The Morgan fingerprint density at radius 3 is 2.02 bits per heavy atom. The van der Waals surface area contributed by atoms with Crippen LogP contribution in [0.25, 0.3) is 10.9 Å². The smallest absolute Gasteiger partial charge is 0.409 e. The molecule has 9 amide bonds. The molecule has 5 heterocycles. The number of allylic oxidation sites excluding steroid dienone is 3. The number of fused-ring (bicyclic) bond motifs is 7. The second-order valence-corrected chi connectivity index (χ2v) is 33.4. The number of carbonyl (C=O) groups is 11. The minimum Gasteiger partial charge on any atom is -0.508 e. The molecule has 111 heavy (non-hydrogen) atoms. The summed E-state index contributed by atoms with van der Waals surface area (Å²) < 4.78 is 29.9. The number of carboxylic acids is 1. The van der Waals surface area contributed by atoms with Crippen LogP contribution in [0.2, 0.25) is 5.02 Å². The molecule has 2 saturated heterocycles. The van der Waals surface area contributed by atoms with E-state index in [4.69, 9.17) is 46.8 Å². The zero-order chi connectivity index (χ0) is 82.0. The lowest BCUT2D eigenvalue weighted by Gasteiger charge is -2.59. The molecule has 17 N–H and O–H groups in total. The third-order valence-electron chi connectivity index (χ3n) is 19.2. The number of phenolic OH excluding ortho intramolecular Hbond substituents is 1. The summed E-state index contributed by atoms with van der Waals surface area (Å²) in [6, 6.07) is 4.84. The molecule has 4 aliphatic rings. The number of hydrogen-bond donors (Lipinski definition) is 15. The number of aromatic nitrogens is 1. The van der Waals surface area contributed by atoms with Gasteiger partial charge in [0.15, 0.2) is 11.8 Å². The van der Waals surface area contributed by atoms with Crippen LogP contribution in [-0.2, 0) is 86.2 Å². The van der Waals surface area contributed by atoms with Crippen LogP contribution >= 0.6 is 54.8 Å². The molecule has 0 aliphatic carbocycles. The highest BCUT2D eigenvalue weighted by atomic mass is 35.5. The first kappa shape index (κ1) is 89.9. The summed E-state index contributed by atoms with van der Waals surface area (Å²) in [5, 5.41) is 70.7. The van der Waals surface area contributed by atoms with Gasteiger partial charge in [-0.3, -0.25) is 43.7 Å². The summed E-state index contributed by atoms with van der Waals surface area (Å²) in [5.41, 5.74) is 11.4. The number of ether oxygens (including phenoxy) is 5. The Bertz CT molecular complexity index is 4080. The average molecular weight is 1640 g/mol.